The van der Waals surface area contributed by atoms with Crippen LogP contribution in [0.4, 0.5) is 0 Å². The fourth-order valence-corrected chi connectivity index (χ4v) is 0. The van der Waals surface area contributed by atoms with E-state index >= 15 is 0 Å². The predicted molar refractivity (Wildman–Crippen MR) is 30.5 cm³/mol. The molecule has 0 unspecified atom stereocenters. The van der Waals surface area contributed by atoms with E-state index in [4.69, 9.17) is 39.6 Å². The maximum absolute atomic E-state index is 9.10. The smallest absolute Gasteiger partial charge is 0.414 e. The number of carbonyl (C=O) groups is 4. The van der Waals surface area contributed by atoms with Gasteiger partial charge in [0, 0.05) is 16.8 Å². The molecule has 0 saturated carbocycles. The Labute approximate surface area is 81.0 Å². The van der Waals surface area contributed by atoms with Gasteiger partial charge in [-0.15, -0.1) is 0 Å². The molecule has 77 valence electrons. The Bertz CT molecular complexity index is 172. The maximum Gasteiger partial charge on any atom is 0.414 e. The van der Waals surface area contributed by atoms with Gasteiger partial charge >= 0.3 is 23.9 Å². The van der Waals surface area contributed by atoms with E-state index < -0.39 is 23.9 Å². The van der Waals surface area contributed by atoms with Gasteiger partial charge in [0.15, 0.2) is 0 Å². The van der Waals surface area contributed by atoms with Crippen molar-refractivity contribution >= 4 is 23.9 Å². The minimum absolute atomic E-state index is 0. The van der Waals surface area contributed by atoms with E-state index in [0.717, 1.165) is 0 Å². The van der Waals surface area contributed by atoms with Gasteiger partial charge in [-0.2, -0.15) is 0 Å². The molecule has 0 rings (SSSR count). The molecule has 0 fully saturated rings. The van der Waals surface area contributed by atoms with Crippen LogP contribution in [0.2, 0.25) is 0 Å². The molecule has 4 N–H and O–H groups in total. The minimum atomic E-state index is -1.82. The van der Waals surface area contributed by atoms with Gasteiger partial charge in [-0.05, 0) is 0 Å². The summed E-state index contributed by atoms with van der Waals surface area (Å²) in [7, 11) is 0. The fraction of sp³-hybridized carbons (Fsp3) is 0. The standard InChI is InChI=1S/2C2H2O4.Co/c2*3-1(4)2(5)6;/h2*(H,3,4)(H,5,6);. The van der Waals surface area contributed by atoms with Crippen LogP contribution >= 0.6 is 0 Å². The van der Waals surface area contributed by atoms with Gasteiger partial charge in [0.05, 0.1) is 0 Å². The van der Waals surface area contributed by atoms with Gasteiger partial charge in [0.1, 0.15) is 0 Å². The topological polar surface area (TPSA) is 149 Å². The molecule has 0 aromatic heterocycles. The van der Waals surface area contributed by atoms with Crippen LogP contribution in [0.3, 0.4) is 0 Å². The van der Waals surface area contributed by atoms with Gasteiger partial charge < -0.3 is 20.4 Å². The first-order valence-electron chi connectivity index (χ1n) is 2.21. The quantitative estimate of drug-likeness (QED) is 0.365. The molecule has 13 heavy (non-hydrogen) atoms. The molecule has 0 spiro atoms. The molecule has 9 heteroatoms. The number of hydrogen-bond acceptors (Lipinski definition) is 4. The summed E-state index contributed by atoms with van der Waals surface area (Å²) in [6, 6.07) is 0. The summed E-state index contributed by atoms with van der Waals surface area (Å²) in [5.74, 6) is -7.30. The van der Waals surface area contributed by atoms with E-state index in [0.29, 0.717) is 0 Å². The Hall–Kier alpha value is -1.61. The Morgan fingerprint density at radius 2 is 0.615 bits per heavy atom. The predicted octanol–water partition coefficient (Wildman–Crippen LogP) is -1.69. The third-order valence-corrected chi connectivity index (χ3v) is 0.366. The summed E-state index contributed by atoms with van der Waals surface area (Å²) in [4.78, 5) is 36.4. The normalized spacial score (nSPS) is 6.77. The average Bonchev–Trinajstić information content (AvgIpc) is 1.88. The van der Waals surface area contributed by atoms with Crippen molar-refractivity contribution in [3.8, 4) is 0 Å². The zero-order chi connectivity index (χ0) is 10.3. The number of carboxylic acids is 4. The number of rotatable bonds is 0. The maximum atomic E-state index is 9.10. The van der Waals surface area contributed by atoms with Gasteiger partial charge in [0.25, 0.3) is 0 Å². The molecule has 0 aromatic rings. The van der Waals surface area contributed by atoms with E-state index in [1.54, 1.807) is 0 Å². The summed E-state index contributed by atoms with van der Waals surface area (Å²) in [6.45, 7) is 0. The third-order valence-electron chi connectivity index (χ3n) is 0.366. The number of aliphatic carboxylic acids is 4. The molecule has 0 aliphatic rings. The summed E-state index contributed by atoms with van der Waals surface area (Å²) in [5, 5.41) is 29.6. The van der Waals surface area contributed by atoms with Gasteiger partial charge in [-0.3, -0.25) is 0 Å². The molecule has 0 saturated heterocycles. The van der Waals surface area contributed by atoms with E-state index in [9.17, 15) is 0 Å². The zero-order valence-electron chi connectivity index (χ0n) is 5.76. The second kappa shape index (κ2) is 8.48. The van der Waals surface area contributed by atoms with Crippen molar-refractivity contribution in [1.82, 2.24) is 0 Å². The van der Waals surface area contributed by atoms with Crippen LogP contribution in [0, 0.1) is 0 Å². The van der Waals surface area contributed by atoms with Crippen LogP contribution in [0.15, 0.2) is 0 Å². The molecule has 0 bridgehead atoms. The van der Waals surface area contributed by atoms with Crippen molar-refractivity contribution < 1.29 is 56.4 Å². The number of carboxylic acid groups (broad SMARTS) is 4. The first kappa shape index (κ1) is 17.5. The minimum Gasteiger partial charge on any atom is -0.473 e. The molecule has 0 heterocycles. The first-order chi connectivity index (χ1) is 5.29. The second-order valence-corrected chi connectivity index (χ2v) is 1.22. The monoisotopic (exact) mass is 239 g/mol. The molecule has 0 aromatic carbocycles. The van der Waals surface area contributed by atoms with Crippen molar-refractivity contribution in [1.29, 1.82) is 0 Å². The molecule has 0 atom stereocenters. The molecular formula is C4H4CoO8. The van der Waals surface area contributed by atoms with Crippen LogP contribution < -0.4 is 0 Å². The molecule has 0 aliphatic heterocycles. The van der Waals surface area contributed by atoms with E-state index in [2.05, 4.69) is 0 Å². The molecule has 1 radical (unpaired) electrons. The third kappa shape index (κ3) is 17.9. The summed E-state index contributed by atoms with van der Waals surface area (Å²) < 4.78 is 0. The molecule has 0 aliphatic carbocycles. The summed E-state index contributed by atoms with van der Waals surface area (Å²) in [6.07, 6.45) is 0. The molecular weight excluding hydrogens is 235 g/mol. The SMILES string of the molecule is O=C(O)C(=O)O.O=C(O)C(=O)O.[Co]. The van der Waals surface area contributed by atoms with Crippen molar-refractivity contribution in [3.63, 3.8) is 0 Å². The molecule has 0 amide bonds. The van der Waals surface area contributed by atoms with Crippen LogP contribution in [0.25, 0.3) is 0 Å². The first-order valence-corrected chi connectivity index (χ1v) is 2.21. The van der Waals surface area contributed by atoms with Crippen LogP contribution in [-0.2, 0) is 36.0 Å². The van der Waals surface area contributed by atoms with Crippen molar-refractivity contribution in [3.05, 3.63) is 0 Å². The van der Waals surface area contributed by atoms with Crippen LogP contribution in [0.1, 0.15) is 0 Å². The summed E-state index contributed by atoms with van der Waals surface area (Å²) in [5.41, 5.74) is 0. The van der Waals surface area contributed by atoms with E-state index in [1.807, 2.05) is 0 Å². The second-order valence-electron chi connectivity index (χ2n) is 1.22. The van der Waals surface area contributed by atoms with Crippen LogP contribution in [0.5, 0.6) is 0 Å². The van der Waals surface area contributed by atoms with Crippen molar-refractivity contribution in [2.75, 3.05) is 0 Å². The largest absolute Gasteiger partial charge is 0.473 e. The average molecular weight is 239 g/mol. The number of hydrogen-bond donors (Lipinski definition) is 4. The van der Waals surface area contributed by atoms with Crippen LogP contribution in [-0.4, -0.2) is 44.3 Å². The zero-order valence-corrected chi connectivity index (χ0v) is 6.80. The van der Waals surface area contributed by atoms with Gasteiger partial charge in [-0.1, -0.05) is 0 Å². The van der Waals surface area contributed by atoms with Crippen molar-refractivity contribution in [2.45, 2.75) is 0 Å². The Morgan fingerprint density at radius 1 is 0.538 bits per heavy atom. The Balaban J connectivity index is -0.000000143. The Morgan fingerprint density at radius 3 is 0.615 bits per heavy atom. The van der Waals surface area contributed by atoms with Crippen molar-refractivity contribution in [2.24, 2.45) is 0 Å². The van der Waals surface area contributed by atoms with Gasteiger partial charge in [-0.25, -0.2) is 19.2 Å². The fourth-order valence-electron chi connectivity index (χ4n) is 0. The molecule has 8 nitrogen and oxygen atoms in total. The van der Waals surface area contributed by atoms with E-state index in [1.165, 1.54) is 0 Å². The Kier molecular flexibility index (Phi) is 11.4. The van der Waals surface area contributed by atoms with E-state index in [-0.39, 0.29) is 16.8 Å². The van der Waals surface area contributed by atoms with Gasteiger partial charge in [0.2, 0.25) is 0 Å². The summed E-state index contributed by atoms with van der Waals surface area (Å²) >= 11 is 0.